The molecule has 1 heterocycles. The Morgan fingerprint density at radius 1 is 1.29 bits per heavy atom. The Hall–Kier alpha value is -2.47. The van der Waals surface area contributed by atoms with Crippen LogP contribution in [0.2, 0.25) is 5.02 Å². The first-order valence-electron chi connectivity index (χ1n) is 7.35. The van der Waals surface area contributed by atoms with E-state index in [9.17, 15) is 9.18 Å². The van der Waals surface area contributed by atoms with Crippen molar-refractivity contribution in [2.75, 3.05) is 19.8 Å². The molecule has 0 bridgehead atoms. The first-order valence-corrected chi connectivity index (χ1v) is 7.72. The Morgan fingerprint density at radius 3 is 2.88 bits per heavy atom. The number of hydrogen-bond acceptors (Lipinski definition) is 4. The number of carbonyl (C=O) groups excluding carboxylic acids is 1. The maximum atomic E-state index is 13.0. The van der Waals surface area contributed by atoms with Crippen LogP contribution in [0.15, 0.2) is 42.5 Å². The van der Waals surface area contributed by atoms with Crippen LogP contribution in [0.1, 0.15) is 0 Å². The molecule has 2 aromatic carbocycles. The van der Waals surface area contributed by atoms with Gasteiger partial charge in [-0.25, -0.2) is 4.39 Å². The predicted octanol–water partition coefficient (Wildman–Crippen LogP) is 2.81. The van der Waals surface area contributed by atoms with Crippen molar-refractivity contribution in [2.45, 2.75) is 6.10 Å². The van der Waals surface area contributed by atoms with Gasteiger partial charge in [-0.3, -0.25) is 4.79 Å². The van der Waals surface area contributed by atoms with E-state index in [2.05, 4.69) is 5.32 Å². The molecule has 3 rings (SSSR count). The standard InChI is InChI=1S/C17H15ClFNO4/c18-13-7-11(5-6-14(13)19)22-10-17(21)20-8-12-9-23-15-3-1-2-4-16(15)24-12/h1-7,12H,8-10H2,(H,20,21)/t12-/m1/s1. The van der Waals surface area contributed by atoms with Crippen LogP contribution in [0.3, 0.4) is 0 Å². The first-order chi connectivity index (χ1) is 11.6. The van der Waals surface area contributed by atoms with Gasteiger partial charge in [0.05, 0.1) is 11.6 Å². The highest BCUT2D eigenvalue weighted by atomic mass is 35.5. The molecule has 1 N–H and O–H groups in total. The van der Waals surface area contributed by atoms with E-state index in [4.69, 9.17) is 25.8 Å². The quantitative estimate of drug-likeness (QED) is 0.900. The fraction of sp³-hybridized carbons (Fsp3) is 0.235. The molecule has 0 aliphatic carbocycles. The van der Waals surface area contributed by atoms with Gasteiger partial charge in [-0.1, -0.05) is 23.7 Å². The zero-order chi connectivity index (χ0) is 16.9. The zero-order valence-corrected chi connectivity index (χ0v) is 13.4. The zero-order valence-electron chi connectivity index (χ0n) is 12.6. The average Bonchev–Trinajstić information content (AvgIpc) is 2.60. The topological polar surface area (TPSA) is 56.8 Å². The second-order valence-electron chi connectivity index (χ2n) is 5.17. The van der Waals surface area contributed by atoms with Crippen LogP contribution in [-0.4, -0.2) is 31.8 Å². The predicted molar refractivity (Wildman–Crippen MR) is 86.3 cm³/mol. The van der Waals surface area contributed by atoms with Crippen molar-refractivity contribution in [2.24, 2.45) is 0 Å². The lowest BCUT2D eigenvalue weighted by Crippen LogP contribution is -2.42. The van der Waals surface area contributed by atoms with E-state index < -0.39 is 5.82 Å². The number of nitrogens with one attached hydrogen (secondary N) is 1. The summed E-state index contributed by atoms with van der Waals surface area (Å²) in [5.74, 6) is 0.806. The fourth-order valence-corrected chi connectivity index (χ4v) is 2.33. The highest BCUT2D eigenvalue weighted by Crippen LogP contribution is 2.30. The molecule has 0 radical (unpaired) electrons. The summed E-state index contributed by atoms with van der Waals surface area (Å²) < 4.78 is 29.6. The highest BCUT2D eigenvalue weighted by Gasteiger charge is 2.21. The first kappa shape index (κ1) is 16.4. The summed E-state index contributed by atoms with van der Waals surface area (Å²) in [4.78, 5) is 11.8. The lowest BCUT2D eigenvalue weighted by atomic mass is 10.2. The van der Waals surface area contributed by atoms with Crippen molar-refractivity contribution in [1.82, 2.24) is 5.32 Å². The monoisotopic (exact) mass is 351 g/mol. The summed E-state index contributed by atoms with van der Waals surface area (Å²) in [6.07, 6.45) is -0.274. The molecule has 0 spiro atoms. The number of hydrogen-bond donors (Lipinski definition) is 1. The van der Waals surface area contributed by atoms with Crippen molar-refractivity contribution in [3.8, 4) is 17.2 Å². The van der Waals surface area contributed by atoms with Gasteiger partial charge in [-0.05, 0) is 24.3 Å². The second kappa shape index (κ2) is 7.40. The molecule has 0 saturated carbocycles. The molecule has 1 aliphatic rings. The Balaban J connectivity index is 1.44. The van der Waals surface area contributed by atoms with Crippen LogP contribution in [0, 0.1) is 5.82 Å². The van der Waals surface area contributed by atoms with E-state index in [-0.39, 0.29) is 23.6 Å². The van der Waals surface area contributed by atoms with Gasteiger partial charge in [-0.2, -0.15) is 0 Å². The third-order valence-electron chi connectivity index (χ3n) is 3.36. The number of amides is 1. The summed E-state index contributed by atoms with van der Waals surface area (Å²) in [5, 5.41) is 2.65. The van der Waals surface area contributed by atoms with Crippen molar-refractivity contribution >= 4 is 17.5 Å². The van der Waals surface area contributed by atoms with E-state index in [1.807, 2.05) is 24.3 Å². The van der Waals surface area contributed by atoms with Gasteiger partial charge in [0.25, 0.3) is 5.91 Å². The van der Waals surface area contributed by atoms with Gasteiger partial charge in [0, 0.05) is 6.07 Å². The number of halogens is 2. The molecule has 0 aromatic heterocycles. The average molecular weight is 352 g/mol. The highest BCUT2D eigenvalue weighted by molar-refractivity contribution is 6.30. The molecule has 1 amide bonds. The maximum Gasteiger partial charge on any atom is 0.258 e. The molecular weight excluding hydrogens is 337 g/mol. The Morgan fingerprint density at radius 2 is 2.08 bits per heavy atom. The van der Waals surface area contributed by atoms with Crippen molar-refractivity contribution < 1.29 is 23.4 Å². The fourth-order valence-electron chi connectivity index (χ4n) is 2.16. The number of carbonyl (C=O) groups is 1. The van der Waals surface area contributed by atoms with Crippen LogP contribution >= 0.6 is 11.6 Å². The Labute approximate surface area is 143 Å². The number of rotatable bonds is 5. The summed E-state index contributed by atoms with van der Waals surface area (Å²) >= 11 is 5.65. The molecular formula is C17H15ClFNO4. The van der Waals surface area contributed by atoms with Gasteiger partial charge in [0.2, 0.25) is 0 Å². The molecule has 7 heteroatoms. The minimum atomic E-state index is -0.539. The van der Waals surface area contributed by atoms with Crippen molar-refractivity contribution in [3.05, 3.63) is 53.3 Å². The van der Waals surface area contributed by atoms with Crippen LogP contribution in [0.4, 0.5) is 4.39 Å². The molecule has 0 fully saturated rings. The summed E-state index contributed by atoms with van der Waals surface area (Å²) in [5.41, 5.74) is 0. The third-order valence-corrected chi connectivity index (χ3v) is 3.65. The summed E-state index contributed by atoms with van der Waals surface area (Å²) in [7, 11) is 0. The van der Waals surface area contributed by atoms with Gasteiger partial charge >= 0.3 is 0 Å². The van der Waals surface area contributed by atoms with Gasteiger partial charge < -0.3 is 19.5 Å². The number of para-hydroxylation sites is 2. The largest absolute Gasteiger partial charge is 0.486 e. The maximum absolute atomic E-state index is 13.0. The van der Waals surface area contributed by atoms with E-state index >= 15 is 0 Å². The van der Waals surface area contributed by atoms with E-state index in [0.29, 0.717) is 30.4 Å². The lowest BCUT2D eigenvalue weighted by molar-refractivity contribution is -0.123. The van der Waals surface area contributed by atoms with Crippen molar-refractivity contribution in [1.29, 1.82) is 0 Å². The number of fused-ring (bicyclic) bond motifs is 1. The second-order valence-corrected chi connectivity index (χ2v) is 5.57. The molecule has 1 aliphatic heterocycles. The Kier molecular flexibility index (Phi) is 5.05. The SMILES string of the molecule is O=C(COc1ccc(F)c(Cl)c1)NC[C@@H]1COc2ccccc2O1. The molecule has 2 aromatic rings. The lowest BCUT2D eigenvalue weighted by Gasteiger charge is -2.26. The third kappa shape index (κ3) is 4.08. The van der Waals surface area contributed by atoms with Crippen LogP contribution in [0.25, 0.3) is 0 Å². The smallest absolute Gasteiger partial charge is 0.258 e. The molecule has 24 heavy (non-hydrogen) atoms. The van der Waals surface area contributed by atoms with Crippen LogP contribution in [-0.2, 0) is 4.79 Å². The van der Waals surface area contributed by atoms with Gasteiger partial charge in [0.15, 0.2) is 18.1 Å². The normalized spacial score (nSPS) is 15.7. The van der Waals surface area contributed by atoms with E-state index in [1.165, 1.54) is 18.2 Å². The van der Waals surface area contributed by atoms with Crippen molar-refractivity contribution in [3.63, 3.8) is 0 Å². The van der Waals surface area contributed by atoms with Gasteiger partial charge in [-0.15, -0.1) is 0 Å². The van der Waals surface area contributed by atoms with Crippen LogP contribution in [0.5, 0.6) is 17.2 Å². The minimum absolute atomic E-state index is 0.0562. The Bertz CT molecular complexity index is 740. The summed E-state index contributed by atoms with van der Waals surface area (Å²) in [6.45, 7) is 0.443. The molecule has 0 saturated heterocycles. The minimum Gasteiger partial charge on any atom is -0.486 e. The van der Waals surface area contributed by atoms with Gasteiger partial charge in [0.1, 0.15) is 24.3 Å². The van der Waals surface area contributed by atoms with E-state index in [1.54, 1.807) is 0 Å². The number of benzene rings is 2. The molecule has 1 atom stereocenters. The summed E-state index contributed by atoms with van der Waals surface area (Å²) in [6, 6.07) is 11.3. The molecule has 5 nitrogen and oxygen atoms in total. The molecule has 0 unspecified atom stereocenters. The molecule has 126 valence electrons. The number of ether oxygens (including phenoxy) is 3. The van der Waals surface area contributed by atoms with Crippen LogP contribution < -0.4 is 19.5 Å². The van der Waals surface area contributed by atoms with E-state index in [0.717, 1.165) is 0 Å².